The third kappa shape index (κ3) is 5.35. The molecule has 2 aromatic carbocycles. The van der Waals surface area contributed by atoms with Crippen LogP contribution in [0.4, 0.5) is 28.4 Å². The molecule has 0 aliphatic carbocycles. The van der Waals surface area contributed by atoms with Crippen LogP contribution in [0.25, 0.3) is 0 Å². The zero-order valence-electron chi connectivity index (χ0n) is 21.3. The molecule has 3 saturated heterocycles. The SMILES string of the molecule is O=C(c1ccc(N2CCOCC2)c([N+](=O)[O-])c1)N1CCN(c2ccc([N+](=O)[O-])c(N3CCCCC3)c2)CC1. The quantitative estimate of drug-likeness (QED) is 0.413. The lowest BCUT2D eigenvalue weighted by atomic mass is 10.1. The van der Waals surface area contributed by atoms with E-state index in [9.17, 15) is 25.0 Å². The summed E-state index contributed by atoms with van der Waals surface area (Å²) in [4.78, 5) is 43.8. The third-order valence-corrected chi connectivity index (χ3v) is 7.56. The number of piperidine rings is 1. The van der Waals surface area contributed by atoms with E-state index >= 15 is 0 Å². The molecule has 5 rings (SSSR count). The Balaban J connectivity index is 1.28. The summed E-state index contributed by atoms with van der Waals surface area (Å²) in [6.07, 6.45) is 3.18. The average molecular weight is 525 g/mol. The number of rotatable bonds is 6. The predicted octanol–water partition coefficient (Wildman–Crippen LogP) is 3.29. The van der Waals surface area contributed by atoms with Crippen molar-refractivity contribution in [3.8, 4) is 0 Å². The first-order chi connectivity index (χ1) is 18.4. The van der Waals surface area contributed by atoms with E-state index in [0.717, 1.165) is 38.0 Å². The summed E-state index contributed by atoms with van der Waals surface area (Å²) >= 11 is 0. The van der Waals surface area contributed by atoms with Crippen LogP contribution in [-0.2, 0) is 4.74 Å². The van der Waals surface area contributed by atoms with Gasteiger partial charge in [0.15, 0.2) is 0 Å². The molecule has 0 radical (unpaired) electrons. The zero-order chi connectivity index (χ0) is 26.6. The van der Waals surface area contributed by atoms with Gasteiger partial charge >= 0.3 is 0 Å². The van der Waals surface area contributed by atoms with Crippen LogP contribution in [0.1, 0.15) is 29.6 Å². The number of anilines is 3. The van der Waals surface area contributed by atoms with Crippen LogP contribution in [0.5, 0.6) is 0 Å². The molecule has 202 valence electrons. The van der Waals surface area contributed by atoms with Gasteiger partial charge in [-0.1, -0.05) is 0 Å². The van der Waals surface area contributed by atoms with E-state index in [4.69, 9.17) is 4.74 Å². The lowest BCUT2D eigenvalue weighted by molar-refractivity contribution is -0.384. The number of amides is 1. The highest BCUT2D eigenvalue weighted by Crippen LogP contribution is 2.35. The highest BCUT2D eigenvalue weighted by atomic mass is 16.6. The molecule has 0 unspecified atom stereocenters. The van der Waals surface area contributed by atoms with Crippen molar-refractivity contribution >= 4 is 34.3 Å². The number of piperazine rings is 1. The van der Waals surface area contributed by atoms with E-state index < -0.39 is 4.92 Å². The van der Waals surface area contributed by atoms with Crippen LogP contribution >= 0.6 is 0 Å². The van der Waals surface area contributed by atoms with Crippen molar-refractivity contribution in [3.05, 3.63) is 62.2 Å². The fraction of sp³-hybridized carbons (Fsp3) is 0.500. The Morgan fingerprint density at radius 3 is 2.00 bits per heavy atom. The largest absolute Gasteiger partial charge is 0.378 e. The van der Waals surface area contributed by atoms with E-state index in [-0.39, 0.29) is 22.2 Å². The van der Waals surface area contributed by atoms with Gasteiger partial charge in [-0.15, -0.1) is 0 Å². The van der Waals surface area contributed by atoms with Crippen LogP contribution in [0.15, 0.2) is 36.4 Å². The Kier molecular flexibility index (Phi) is 7.59. The Bertz CT molecular complexity index is 1200. The molecule has 3 aliphatic heterocycles. The molecule has 12 heteroatoms. The maximum atomic E-state index is 13.3. The molecule has 12 nitrogen and oxygen atoms in total. The molecular formula is C26H32N6O6. The smallest absolute Gasteiger partial charge is 0.293 e. The second-order valence-electron chi connectivity index (χ2n) is 9.82. The monoisotopic (exact) mass is 524 g/mol. The third-order valence-electron chi connectivity index (χ3n) is 7.56. The van der Waals surface area contributed by atoms with Crippen LogP contribution in [0, 0.1) is 20.2 Å². The van der Waals surface area contributed by atoms with Crippen molar-refractivity contribution in [2.75, 3.05) is 80.3 Å². The van der Waals surface area contributed by atoms with E-state index in [2.05, 4.69) is 9.80 Å². The number of carbonyl (C=O) groups is 1. The minimum Gasteiger partial charge on any atom is -0.378 e. The van der Waals surface area contributed by atoms with Gasteiger partial charge in [-0.25, -0.2) is 0 Å². The fourth-order valence-electron chi connectivity index (χ4n) is 5.48. The Morgan fingerprint density at radius 2 is 1.34 bits per heavy atom. The maximum Gasteiger partial charge on any atom is 0.293 e. The summed E-state index contributed by atoms with van der Waals surface area (Å²) in [6.45, 7) is 5.81. The van der Waals surface area contributed by atoms with Crippen molar-refractivity contribution in [1.82, 2.24) is 4.90 Å². The Hall–Kier alpha value is -3.93. The lowest BCUT2D eigenvalue weighted by Gasteiger charge is -2.37. The number of nitro benzene ring substituents is 2. The molecule has 3 heterocycles. The standard InChI is InChI=1S/C26H32N6O6/c33-26(20-4-6-22(25(18-20)32(36)37)29-14-16-38-17-15-29)30-12-10-27(11-13-30)21-5-7-23(31(34)35)24(19-21)28-8-2-1-3-9-28/h4-7,18-19H,1-3,8-17H2. The number of benzene rings is 2. The van der Waals surface area contributed by atoms with Crippen LogP contribution < -0.4 is 14.7 Å². The second kappa shape index (κ2) is 11.2. The molecule has 3 fully saturated rings. The average Bonchev–Trinajstić information content (AvgIpc) is 2.97. The first-order valence-corrected chi connectivity index (χ1v) is 13.1. The minimum atomic E-state index is -0.436. The molecule has 3 aliphatic rings. The van der Waals surface area contributed by atoms with Crippen molar-refractivity contribution in [3.63, 3.8) is 0 Å². The van der Waals surface area contributed by atoms with E-state index in [1.165, 1.54) is 6.07 Å². The number of nitro groups is 2. The molecule has 0 aromatic heterocycles. The summed E-state index contributed by atoms with van der Waals surface area (Å²) in [7, 11) is 0. The van der Waals surface area contributed by atoms with E-state index in [1.54, 1.807) is 29.2 Å². The van der Waals surface area contributed by atoms with Crippen molar-refractivity contribution in [1.29, 1.82) is 0 Å². The van der Waals surface area contributed by atoms with Gasteiger partial charge in [0.05, 0.1) is 23.1 Å². The summed E-state index contributed by atoms with van der Waals surface area (Å²) in [5.74, 6) is -0.237. The van der Waals surface area contributed by atoms with Gasteiger partial charge < -0.3 is 24.3 Å². The van der Waals surface area contributed by atoms with Gasteiger partial charge in [-0.2, -0.15) is 0 Å². The number of hydrogen-bond donors (Lipinski definition) is 0. The first-order valence-electron chi connectivity index (χ1n) is 13.1. The Labute approximate surface area is 220 Å². The number of ether oxygens (including phenoxy) is 1. The molecule has 0 bridgehead atoms. The van der Waals surface area contributed by atoms with Gasteiger partial charge in [0.2, 0.25) is 0 Å². The normalized spacial score (nSPS) is 18.4. The number of morpholine rings is 1. The molecule has 2 aromatic rings. The van der Waals surface area contributed by atoms with Gasteiger partial charge in [0.25, 0.3) is 17.3 Å². The maximum absolute atomic E-state index is 13.3. The summed E-state index contributed by atoms with van der Waals surface area (Å²) in [5, 5.41) is 23.4. The van der Waals surface area contributed by atoms with E-state index in [0.29, 0.717) is 69.4 Å². The number of nitrogens with zero attached hydrogens (tertiary/aromatic N) is 6. The summed E-state index contributed by atoms with van der Waals surface area (Å²) in [6, 6.07) is 9.94. The minimum absolute atomic E-state index is 0.0764. The lowest BCUT2D eigenvalue weighted by Crippen LogP contribution is -2.48. The molecule has 0 N–H and O–H groups in total. The fourth-order valence-corrected chi connectivity index (χ4v) is 5.48. The zero-order valence-corrected chi connectivity index (χ0v) is 21.3. The van der Waals surface area contributed by atoms with Crippen LogP contribution in [-0.4, -0.2) is 86.2 Å². The van der Waals surface area contributed by atoms with Crippen molar-refractivity contribution < 1.29 is 19.4 Å². The van der Waals surface area contributed by atoms with Gasteiger partial charge in [-0.05, 0) is 43.5 Å². The Morgan fingerprint density at radius 1 is 0.684 bits per heavy atom. The molecular weight excluding hydrogens is 492 g/mol. The van der Waals surface area contributed by atoms with Crippen LogP contribution in [0.2, 0.25) is 0 Å². The number of carbonyl (C=O) groups excluding carboxylic acids is 1. The predicted molar refractivity (Wildman–Crippen MR) is 143 cm³/mol. The number of hydrogen-bond acceptors (Lipinski definition) is 9. The molecule has 0 atom stereocenters. The van der Waals surface area contributed by atoms with Crippen molar-refractivity contribution in [2.24, 2.45) is 0 Å². The molecule has 0 spiro atoms. The molecule has 1 amide bonds. The topological polar surface area (TPSA) is 126 Å². The first kappa shape index (κ1) is 25.7. The summed E-state index contributed by atoms with van der Waals surface area (Å²) < 4.78 is 5.35. The van der Waals surface area contributed by atoms with Gasteiger partial charge in [0.1, 0.15) is 11.4 Å². The second-order valence-corrected chi connectivity index (χ2v) is 9.82. The van der Waals surface area contributed by atoms with Crippen LogP contribution in [0.3, 0.4) is 0 Å². The van der Waals surface area contributed by atoms with Gasteiger partial charge in [-0.3, -0.25) is 25.0 Å². The molecule has 0 saturated carbocycles. The molecule has 38 heavy (non-hydrogen) atoms. The summed E-state index contributed by atoms with van der Waals surface area (Å²) in [5.41, 5.74) is 2.39. The highest BCUT2D eigenvalue weighted by molar-refractivity contribution is 5.96. The van der Waals surface area contributed by atoms with Crippen molar-refractivity contribution in [2.45, 2.75) is 19.3 Å². The highest BCUT2D eigenvalue weighted by Gasteiger charge is 2.28. The van der Waals surface area contributed by atoms with Gasteiger partial charge in [0, 0.05) is 75.7 Å². The van der Waals surface area contributed by atoms with E-state index in [1.807, 2.05) is 11.0 Å².